The summed E-state index contributed by atoms with van der Waals surface area (Å²) in [6, 6.07) is 5.71. The van der Waals surface area contributed by atoms with Crippen LogP contribution in [0.1, 0.15) is 50.2 Å². The minimum atomic E-state index is -0.492. The Bertz CT molecular complexity index is 442. The zero-order valence-corrected chi connectivity index (χ0v) is 13.2. The molecule has 0 saturated heterocycles. The lowest BCUT2D eigenvalue weighted by atomic mass is 9.93. The largest absolute Gasteiger partial charge is 0.384 e. The van der Waals surface area contributed by atoms with Crippen molar-refractivity contribution in [3.63, 3.8) is 0 Å². The predicted octanol–water partition coefficient (Wildman–Crippen LogP) is 5.26. The van der Waals surface area contributed by atoms with E-state index in [1.165, 1.54) is 25.7 Å². The van der Waals surface area contributed by atoms with Gasteiger partial charge in [0, 0.05) is 8.59 Å². The van der Waals surface area contributed by atoms with Gasteiger partial charge in [-0.3, -0.25) is 0 Å². The minimum Gasteiger partial charge on any atom is -0.384 e. The van der Waals surface area contributed by atoms with Gasteiger partial charge in [-0.15, -0.1) is 0 Å². The van der Waals surface area contributed by atoms with Crippen LogP contribution in [0.5, 0.6) is 0 Å². The predicted molar refractivity (Wildman–Crippen MR) is 84.9 cm³/mol. The molecule has 98 valence electrons. The Morgan fingerprint density at radius 2 is 1.94 bits per heavy atom. The van der Waals surface area contributed by atoms with Crippen molar-refractivity contribution in [2.45, 2.75) is 44.6 Å². The molecule has 2 rings (SSSR count). The Morgan fingerprint density at radius 3 is 2.78 bits per heavy atom. The maximum atomic E-state index is 10.5. The second-order valence-electron chi connectivity index (χ2n) is 4.80. The second kappa shape index (κ2) is 6.92. The average Bonchev–Trinajstić information content (AvgIpc) is 2.31. The molecule has 1 nitrogen and oxygen atoms in total. The summed E-state index contributed by atoms with van der Waals surface area (Å²) in [5.74, 6) is 0. The normalized spacial score (nSPS) is 21.6. The Balaban J connectivity index is 2.23. The first-order valence-corrected chi connectivity index (χ1v) is 7.96. The van der Waals surface area contributed by atoms with Crippen LogP contribution in [0.15, 0.2) is 29.8 Å². The summed E-state index contributed by atoms with van der Waals surface area (Å²) < 4.78 is 1.08. The topological polar surface area (TPSA) is 20.2 Å². The van der Waals surface area contributed by atoms with Gasteiger partial charge in [-0.05, 0) is 77.6 Å². The van der Waals surface area contributed by atoms with Gasteiger partial charge in [0.05, 0.1) is 0 Å². The summed E-state index contributed by atoms with van der Waals surface area (Å²) in [5.41, 5.74) is 2.10. The molecule has 1 aromatic carbocycles. The fourth-order valence-electron chi connectivity index (χ4n) is 2.39. The second-order valence-corrected chi connectivity index (χ2v) is 6.40. The molecule has 0 aromatic heterocycles. The zero-order chi connectivity index (χ0) is 13.0. The van der Waals surface area contributed by atoms with Crippen LogP contribution < -0.4 is 0 Å². The van der Waals surface area contributed by atoms with Crippen molar-refractivity contribution in [3.8, 4) is 0 Å². The van der Waals surface area contributed by atoms with Crippen molar-refractivity contribution in [2.24, 2.45) is 0 Å². The molecule has 0 aliphatic heterocycles. The van der Waals surface area contributed by atoms with E-state index in [9.17, 15) is 5.11 Å². The number of rotatable bonds is 2. The number of hydrogen-bond donors (Lipinski definition) is 1. The van der Waals surface area contributed by atoms with Gasteiger partial charge in [0.1, 0.15) is 6.10 Å². The molecule has 0 fully saturated rings. The Morgan fingerprint density at radius 1 is 1.17 bits per heavy atom. The Labute approximate surface area is 127 Å². The van der Waals surface area contributed by atoms with E-state index in [0.717, 1.165) is 27.5 Å². The summed E-state index contributed by atoms with van der Waals surface area (Å²) in [6.07, 6.45) is 8.83. The standard InChI is InChI=1S/C15H18ClIO/c16-12-8-9-14(17)13(10-12)15(18)11-6-4-2-1-3-5-7-11/h6,8-10,15,18H,1-5,7H2/b11-6+. The number of benzene rings is 1. The molecule has 3 heteroatoms. The van der Waals surface area contributed by atoms with E-state index in [2.05, 4.69) is 28.7 Å². The van der Waals surface area contributed by atoms with Gasteiger partial charge >= 0.3 is 0 Å². The highest BCUT2D eigenvalue weighted by Gasteiger charge is 2.17. The monoisotopic (exact) mass is 376 g/mol. The van der Waals surface area contributed by atoms with Crippen molar-refractivity contribution in [1.29, 1.82) is 0 Å². The zero-order valence-electron chi connectivity index (χ0n) is 10.3. The lowest BCUT2D eigenvalue weighted by Gasteiger charge is -2.19. The third-order valence-electron chi connectivity index (χ3n) is 3.43. The molecule has 0 spiro atoms. The molecule has 1 unspecified atom stereocenters. The fourth-order valence-corrected chi connectivity index (χ4v) is 3.20. The number of halogens is 2. The molecule has 1 aromatic rings. The SMILES string of the molecule is OC(/C1=C/CCCCCC1)c1cc(Cl)ccc1I. The third-order valence-corrected chi connectivity index (χ3v) is 4.65. The molecule has 1 aliphatic rings. The molecule has 1 N–H and O–H groups in total. The number of hydrogen-bond acceptors (Lipinski definition) is 1. The Hall–Kier alpha value is -0.0600. The highest BCUT2D eigenvalue weighted by atomic mass is 127. The first kappa shape index (κ1) is 14.4. The molecule has 1 atom stereocenters. The van der Waals surface area contributed by atoms with Crippen LogP contribution >= 0.6 is 34.2 Å². The maximum Gasteiger partial charge on any atom is 0.101 e. The molecular weight excluding hydrogens is 359 g/mol. The molecule has 0 bridgehead atoms. The summed E-state index contributed by atoms with van der Waals surface area (Å²) >= 11 is 8.28. The smallest absolute Gasteiger partial charge is 0.101 e. The van der Waals surface area contributed by atoms with Crippen LogP contribution in [-0.2, 0) is 0 Å². The molecule has 0 amide bonds. The first-order valence-electron chi connectivity index (χ1n) is 6.50. The van der Waals surface area contributed by atoms with E-state index < -0.39 is 6.10 Å². The van der Waals surface area contributed by atoms with E-state index in [4.69, 9.17) is 11.6 Å². The summed E-state index contributed by atoms with van der Waals surface area (Å²) in [4.78, 5) is 0. The lowest BCUT2D eigenvalue weighted by Crippen LogP contribution is -2.05. The van der Waals surface area contributed by atoms with Gasteiger partial charge in [-0.25, -0.2) is 0 Å². The minimum absolute atomic E-state index is 0.492. The van der Waals surface area contributed by atoms with E-state index in [-0.39, 0.29) is 0 Å². The van der Waals surface area contributed by atoms with Crippen molar-refractivity contribution >= 4 is 34.2 Å². The van der Waals surface area contributed by atoms with Crippen LogP contribution in [0.2, 0.25) is 5.02 Å². The third kappa shape index (κ3) is 3.72. The van der Waals surface area contributed by atoms with E-state index in [1.54, 1.807) is 0 Å². The van der Waals surface area contributed by atoms with Gasteiger partial charge < -0.3 is 5.11 Å². The number of allylic oxidation sites excluding steroid dienone is 1. The van der Waals surface area contributed by atoms with Crippen LogP contribution in [0.4, 0.5) is 0 Å². The summed E-state index contributed by atoms with van der Waals surface area (Å²) in [5, 5.41) is 11.2. The van der Waals surface area contributed by atoms with E-state index in [0.29, 0.717) is 5.02 Å². The van der Waals surface area contributed by atoms with Gasteiger partial charge in [-0.2, -0.15) is 0 Å². The van der Waals surface area contributed by atoms with Gasteiger partial charge in [0.25, 0.3) is 0 Å². The van der Waals surface area contributed by atoms with Gasteiger partial charge in [-0.1, -0.05) is 30.5 Å². The van der Waals surface area contributed by atoms with E-state index in [1.807, 2.05) is 18.2 Å². The highest BCUT2D eigenvalue weighted by molar-refractivity contribution is 14.1. The lowest BCUT2D eigenvalue weighted by molar-refractivity contribution is 0.208. The van der Waals surface area contributed by atoms with Gasteiger partial charge in [0.2, 0.25) is 0 Å². The fraction of sp³-hybridized carbons (Fsp3) is 0.467. The van der Waals surface area contributed by atoms with Crippen molar-refractivity contribution in [3.05, 3.63) is 44.0 Å². The molecule has 0 heterocycles. The average molecular weight is 377 g/mol. The summed E-state index contributed by atoms with van der Waals surface area (Å²) in [7, 11) is 0. The maximum absolute atomic E-state index is 10.5. The van der Waals surface area contributed by atoms with Crippen LogP contribution in [-0.4, -0.2) is 5.11 Å². The highest BCUT2D eigenvalue weighted by Crippen LogP contribution is 2.32. The summed E-state index contributed by atoms with van der Waals surface area (Å²) in [6.45, 7) is 0. The number of aliphatic hydroxyl groups excluding tert-OH is 1. The van der Waals surface area contributed by atoms with Crippen molar-refractivity contribution in [1.82, 2.24) is 0 Å². The molecule has 0 saturated carbocycles. The van der Waals surface area contributed by atoms with Crippen molar-refractivity contribution < 1.29 is 5.11 Å². The number of aliphatic hydroxyl groups is 1. The molecule has 18 heavy (non-hydrogen) atoms. The molecular formula is C15H18ClIO. The van der Waals surface area contributed by atoms with Crippen molar-refractivity contribution in [2.75, 3.05) is 0 Å². The van der Waals surface area contributed by atoms with Gasteiger partial charge in [0.15, 0.2) is 0 Å². The first-order chi connectivity index (χ1) is 8.68. The quantitative estimate of drug-likeness (QED) is 0.551. The van der Waals surface area contributed by atoms with Crippen LogP contribution in [0.25, 0.3) is 0 Å². The Kier molecular flexibility index (Phi) is 5.52. The van der Waals surface area contributed by atoms with Crippen LogP contribution in [0.3, 0.4) is 0 Å². The molecule has 1 aliphatic carbocycles. The van der Waals surface area contributed by atoms with Crippen LogP contribution in [0, 0.1) is 3.57 Å². The van der Waals surface area contributed by atoms with E-state index >= 15 is 0 Å². The molecule has 0 radical (unpaired) electrons.